The molecular formula is C17H22FN3O5. The summed E-state index contributed by atoms with van der Waals surface area (Å²) in [6.45, 7) is 5.52. The number of carboxylic acid groups (broad SMARTS) is 1. The van der Waals surface area contributed by atoms with E-state index >= 15 is 0 Å². The van der Waals surface area contributed by atoms with Crippen LogP contribution in [0.2, 0.25) is 0 Å². The maximum Gasteiger partial charge on any atom is 0.412 e. The van der Waals surface area contributed by atoms with Gasteiger partial charge in [0.15, 0.2) is 5.82 Å². The van der Waals surface area contributed by atoms with Crippen LogP contribution in [-0.2, 0) is 16.1 Å². The summed E-state index contributed by atoms with van der Waals surface area (Å²) in [5.74, 6) is -0.888. The second-order valence-electron chi connectivity index (χ2n) is 6.94. The summed E-state index contributed by atoms with van der Waals surface area (Å²) in [5, 5.41) is 13.2. The van der Waals surface area contributed by atoms with Gasteiger partial charge in [-0.05, 0) is 33.3 Å². The van der Waals surface area contributed by atoms with Crippen molar-refractivity contribution in [3.05, 3.63) is 23.5 Å². The zero-order valence-corrected chi connectivity index (χ0v) is 14.9. The molecule has 0 saturated carbocycles. The molecule has 26 heavy (non-hydrogen) atoms. The molecule has 1 aliphatic rings. The summed E-state index contributed by atoms with van der Waals surface area (Å²) in [5.41, 5.74) is -1.11. The number of ether oxygens (including phenoxy) is 1. The van der Waals surface area contributed by atoms with E-state index in [-0.39, 0.29) is 29.4 Å². The molecule has 1 aromatic carbocycles. The van der Waals surface area contributed by atoms with E-state index in [0.29, 0.717) is 19.4 Å². The topological polar surface area (TPSA) is 108 Å². The van der Waals surface area contributed by atoms with Crippen LogP contribution in [0.4, 0.5) is 25.4 Å². The second kappa shape index (κ2) is 7.59. The van der Waals surface area contributed by atoms with Crippen LogP contribution in [0.5, 0.6) is 0 Å². The molecule has 0 radical (unpaired) electrons. The Labute approximate surface area is 150 Å². The third-order valence-electron chi connectivity index (χ3n) is 3.62. The minimum atomic E-state index is -1.40. The third-order valence-corrected chi connectivity index (χ3v) is 3.62. The van der Waals surface area contributed by atoms with Crippen molar-refractivity contribution >= 4 is 29.5 Å². The Morgan fingerprint density at radius 3 is 2.54 bits per heavy atom. The number of rotatable bonds is 4. The fourth-order valence-electron chi connectivity index (χ4n) is 2.57. The molecule has 0 aromatic heterocycles. The van der Waals surface area contributed by atoms with Crippen LogP contribution in [0.1, 0.15) is 39.2 Å². The summed E-state index contributed by atoms with van der Waals surface area (Å²) >= 11 is 0. The summed E-state index contributed by atoms with van der Waals surface area (Å²) in [7, 11) is 0. The van der Waals surface area contributed by atoms with E-state index in [9.17, 15) is 18.8 Å². The number of nitrogens with one attached hydrogen (secondary N) is 2. The van der Waals surface area contributed by atoms with Gasteiger partial charge in [0.25, 0.3) is 0 Å². The lowest BCUT2D eigenvalue weighted by Crippen LogP contribution is -2.28. The van der Waals surface area contributed by atoms with Crippen molar-refractivity contribution in [2.75, 3.05) is 17.2 Å². The molecule has 0 bridgehead atoms. The molecule has 0 spiro atoms. The normalized spacial score (nSPS) is 14.3. The highest BCUT2D eigenvalue weighted by Crippen LogP contribution is 2.30. The molecule has 3 N–H and O–H groups in total. The lowest BCUT2D eigenvalue weighted by atomic mass is 10.1. The number of likely N-dealkylation sites (tertiary alicyclic amines) is 1. The number of halogens is 1. The molecule has 3 amide bonds. The van der Waals surface area contributed by atoms with E-state index in [4.69, 9.17) is 9.84 Å². The van der Waals surface area contributed by atoms with E-state index in [1.807, 2.05) is 5.32 Å². The maximum atomic E-state index is 14.9. The van der Waals surface area contributed by atoms with Crippen LogP contribution >= 0.6 is 0 Å². The molecule has 1 aliphatic heterocycles. The number of nitrogens with zero attached hydrogens (tertiary/aromatic N) is 1. The van der Waals surface area contributed by atoms with Gasteiger partial charge in [-0.15, -0.1) is 0 Å². The quantitative estimate of drug-likeness (QED) is 0.756. The largest absolute Gasteiger partial charge is 0.465 e. The second-order valence-corrected chi connectivity index (χ2v) is 6.94. The first-order valence-electron chi connectivity index (χ1n) is 8.16. The van der Waals surface area contributed by atoms with Crippen molar-refractivity contribution in [3.8, 4) is 0 Å². The Bertz CT molecular complexity index is 730. The van der Waals surface area contributed by atoms with Crippen LogP contribution < -0.4 is 10.6 Å². The molecule has 1 aromatic rings. The minimum absolute atomic E-state index is 0.0427. The van der Waals surface area contributed by atoms with Crippen molar-refractivity contribution in [1.82, 2.24) is 4.90 Å². The lowest BCUT2D eigenvalue weighted by molar-refractivity contribution is -0.128. The van der Waals surface area contributed by atoms with Gasteiger partial charge in [-0.1, -0.05) is 6.07 Å². The Hall–Kier alpha value is -2.84. The monoisotopic (exact) mass is 367 g/mol. The first-order valence-corrected chi connectivity index (χ1v) is 8.16. The summed E-state index contributed by atoms with van der Waals surface area (Å²) in [6.07, 6.45) is -1.19. The van der Waals surface area contributed by atoms with Crippen LogP contribution in [0.3, 0.4) is 0 Å². The number of benzene rings is 1. The predicted octanol–water partition coefficient (Wildman–Crippen LogP) is 3.39. The fraction of sp³-hybridized carbons (Fsp3) is 0.471. The molecular weight excluding hydrogens is 345 g/mol. The van der Waals surface area contributed by atoms with Gasteiger partial charge in [-0.25, -0.2) is 14.0 Å². The number of hydrogen-bond acceptors (Lipinski definition) is 4. The number of carbonyl (C=O) groups is 3. The molecule has 0 unspecified atom stereocenters. The van der Waals surface area contributed by atoms with Crippen molar-refractivity contribution < 1.29 is 28.6 Å². The highest BCUT2D eigenvalue weighted by molar-refractivity contribution is 5.95. The Balaban J connectivity index is 2.31. The van der Waals surface area contributed by atoms with Gasteiger partial charge in [0.05, 0.1) is 5.69 Å². The Morgan fingerprint density at radius 2 is 2.00 bits per heavy atom. The van der Waals surface area contributed by atoms with Crippen molar-refractivity contribution in [2.24, 2.45) is 0 Å². The van der Waals surface area contributed by atoms with E-state index in [0.717, 1.165) is 0 Å². The number of hydrogen-bond donors (Lipinski definition) is 3. The Morgan fingerprint density at radius 1 is 1.31 bits per heavy atom. The molecule has 1 saturated heterocycles. The molecule has 1 fully saturated rings. The van der Waals surface area contributed by atoms with E-state index in [1.54, 1.807) is 20.8 Å². The average Bonchev–Trinajstić information content (AvgIpc) is 2.88. The van der Waals surface area contributed by atoms with Gasteiger partial charge in [-0.3, -0.25) is 15.4 Å². The van der Waals surface area contributed by atoms with Crippen molar-refractivity contribution in [1.29, 1.82) is 0 Å². The van der Waals surface area contributed by atoms with Gasteiger partial charge in [0.2, 0.25) is 5.91 Å². The van der Waals surface area contributed by atoms with Gasteiger partial charge < -0.3 is 14.7 Å². The maximum absolute atomic E-state index is 14.9. The molecule has 0 atom stereocenters. The number of carbonyl (C=O) groups excluding carboxylic acids is 2. The molecule has 142 valence electrons. The first-order chi connectivity index (χ1) is 12.1. The molecule has 9 heteroatoms. The summed E-state index contributed by atoms with van der Waals surface area (Å²) in [4.78, 5) is 36.2. The van der Waals surface area contributed by atoms with Gasteiger partial charge in [0, 0.05) is 25.1 Å². The third kappa shape index (κ3) is 5.08. The van der Waals surface area contributed by atoms with Crippen molar-refractivity contribution in [2.45, 2.75) is 45.8 Å². The zero-order valence-electron chi connectivity index (χ0n) is 14.9. The molecule has 0 aliphatic carbocycles. The standard InChI is InChI=1S/C17H22FN3O5/c1-17(2,3)26-16(25)20-14-11(19-15(23)24)7-6-10(13(14)18)9-21-8-4-5-12(21)22/h6-7,19H,4-5,8-9H2,1-3H3,(H,20,25)(H,23,24). The fourth-order valence-corrected chi connectivity index (χ4v) is 2.57. The first kappa shape index (κ1) is 19.5. The lowest BCUT2D eigenvalue weighted by Gasteiger charge is -2.22. The number of amides is 3. The predicted molar refractivity (Wildman–Crippen MR) is 92.6 cm³/mol. The smallest absolute Gasteiger partial charge is 0.412 e. The number of anilines is 2. The Kier molecular flexibility index (Phi) is 5.69. The minimum Gasteiger partial charge on any atom is -0.465 e. The molecule has 8 nitrogen and oxygen atoms in total. The van der Waals surface area contributed by atoms with Gasteiger partial charge in [0.1, 0.15) is 11.3 Å². The van der Waals surface area contributed by atoms with Crippen LogP contribution in [-0.4, -0.2) is 40.2 Å². The highest BCUT2D eigenvalue weighted by Gasteiger charge is 2.25. The van der Waals surface area contributed by atoms with Crippen LogP contribution in [0.25, 0.3) is 0 Å². The van der Waals surface area contributed by atoms with Crippen LogP contribution in [0, 0.1) is 5.82 Å². The van der Waals surface area contributed by atoms with Crippen LogP contribution in [0.15, 0.2) is 12.1 Å². The average molecular weight is 367 g/mol. The molecule has 1 heterocycles. The molecule has 2 rings (SSSR count). The summed E-state index contributed by atoms with van der Waals surface area (Å²) in [6, 6.07) is 2.71. The van der Waals surface area contributed by atoms with E-state index in [1.165, 1.54) is 17.0 Å². The zero-order chi connectivity index (χ0) is 19.5. The van der Waals surface area contributed by atoms with E-state index in [2.05, 4.69) is 5.32 Å². The summed E-state index contributed by atoms with van der Waals surface area (Å²) < 4.78 is 20.0. The SMILES string of the molecule is CC(C)(C)OC(=O)Nc1c(NC(=O)O)ccc(CN2CCCC2=O)c1F. The highest BCUT2D eigenvalue weighted by atomic mass is 19.1. The van der Waals surface area contributed by atoms with Gasteiger partial charge in [-0.2, -0.15) is 0 Å². The van der Waals surface area contributed by atoms with Crippen molar-refractivity contribution in [3.63, 3.8) is 0 Å². The van der Waals surface area contributed by atoms with E-state index < -0.39 is 23.6 Å². The van der Waals surface area contributed by atoms with Gasteiger partial charge >= 0.3 is 12.2 Å².